The van der Waals surface area contributed by atoms with Crippen LogP contribution in [-0.2, 0) is 6.42 Å². The van der Waals surface area contributed by atoms with Gasteiger partial charge in [0.15, 0.2) is 5.82 Å². The molecular weight excluding hydrogens is 286 g/mol. The summed E-state index contributed by atoms with van der Waals surface area (Å²) in [5.74, 6) is 0.714. The number of hydrogen-bond donors (Lipinski definition) is 1. The minimum atomic E-state index is 0.637. The molecule has 2 aromatic heterocycles. The fourth-order valence-electron chi connectivity index (χ4n) is 1.44. The summed E-state index contributed by atoms with van der Waals surface area (Å²) in [5.41, 5.74) is 2.02. The topological polar surface area (TPSA) is 41.6 Å². The average Bonchev–Trinajstić information content (AvgIpc) is 2.32. The number of nitrogens with one attached hydrogen (secondary N) is 1. The Balaban J connectivity index is 2.58. The van der Waals surface area contributed by atoms with Gasteiger partial charge in [0.2, 0.25) is 0 Å². The fourth-order valence-corrected chi connectivity index (χ4v) is 1.79. The molecule has 16 heavy (non-hydrogen) atoms. The molecule has 2 heterocycles. The van der Waals surface area contributed by atoms with Gasteiger partial charge in [0.1, 0.15) is 10.3 Å². The Kier molecular flexibility index (Phi) is 3.46. The highest BCUT2D eigenvalue weighted by atomic mass is 79.9. The number of nitrogens with zero attached hydrogens (tertiary/aromatic N) is 2. The number of rotatable bonds is 2. The predicted molar refractivity (Wildman–Crippen MR) is 69.7 cm³/mol. The Morgan fingerprint density at radius 1 is 1.44 bits per heavy atom. The molecule has 0 radical (unpaired) electrons. The number of halogens is 1. The third-order valence-electron chi connectivity index (χ3n) is 2.25. The van der Waals surface area contributed by atoms with Crippen LogP contribution in [0.25, 0.3) is 11.5 Å². The Hall–Kier alpha value is -1.07. The fraction of sp³-hybridized carbons (Fsp3) is 0.182. The van der Waals surface area contributed by atoms with Crippen molar-refractivity contribution in [2.75, 3.05) is 0 Å². The summed E-state index contributed by atoms with van der Waals surface area (Å²) >= 11 is 8.47. The number of H-pyrrole nitrogens is 1. The summed E-state index contributed by atoms with van der Waals surface area (Å²) in [4.78, 5) is 11.7. The average molecular weight is 296 g/mol. The molecule has 0 bridgehead atoms. The van der Waals surface area contributed by atoms with Crippen molar-refractivity contribution in [1.82, 2.24) is 15.0 Å². The SMILES string of the molecule is CCc1cccnc1-c1ncc(Br)c(=S)[nH]1. The summed E-state index contributed by atoms with van der Waals surface area (Å²) in [6.45, 7) is 2.09. The Morgan fingerprint density at radius 3 is 2.94 bits per heavy atom. The normalized spacial score (nSPS) is 10.4. The first kappa shape index (κ1) is 11.4. The molecule has 2 rings (SSSR count). The van der Waals surface area contributed by atoms with Crippen LogP contribution < -0.4 is 0 Å². The minimum Gasteiger partial charge on any atom is -0.329 e. The predicted octanol–water partition coefficient (Wildman–Crippen LogP) is 3.53. The first-order valence-corrected chi connectivity index (χ1v) is 6.11. The molecular formula is C11H10BrN3S. The first-order valence-electron chi connectivity index (χ1n) is 4.91. The number of pyridine rings is 1. The van der Waals surface area contributed by atoms with E-state index in [1.54, 1.807) is 12.4 Å². The van der Waals surface area contributed by atoms with Crippen LogP contribution in [0.4, 0.5) is 0 Å². The number of aryl methyl sites for hydroxylation is 1. The number of hydrogen-bond acceptors (Lipinski definition) is 3. The molecule has 0 amide bonds. The molecule has 0 unspecified atom stereocenters. The Morgan fingerprint density at radius 2 is 2.25 bits per heavy atom. The maximum absolute atomic E-state index is 5.15. The van der Waals surface area contributed by atoms with Crippen molar-refractivity contribution in [3.8, 4) is 11.5 Å². The van der Waals surface area contributed by atoms with Gasteiger partial charge >= 0.3 is 0 Å². The summed E-state index contributed by atoms with van der Waals surface area (Å²) in [7, 11) is 0. The lowest BCUT2D eigenvalue weighted by Crippen LogP contribution is -1.96. The molecule has 0 spiro atoms. The van der Waals surface area contributed by atoms with Crippen molar-refractivity contribution in [3.05, 3.63) is 39.2 Å². The molecule has 0 saturated heterocycles. The summed E-state index contributed by atoms with van der Waals surface area (Å²) in [6, 6.07) is 3.97. The second-order valence-corrected chi connectivity index (χ2v) is 4.54. The quantitative estimate of drug-likeness (QED) is 0.862. The van der Waals surface area contributed by atoms with Gasteiger partial charge < -0.3 is 4.98 Å². The van der Waals surface area contributed by atoms with Crippen molar-refractivity contribution in [3.63, 3.8) is 0 Å². The van der Waals surface area contributed by atoms with Crippen molar-refractivity contribution in [1.29, 1.82) is 0 Å². The highest BCUT2D eigenvalue weighted by Gasteiger charge is 2.06. The molecule has 0 atom stereocenters. The van der Waals surface area contributed by atoms with Crippen molar-refractivity contribution in [2.45, 2.75) is 13.3 Å². The number of aromatic nitrogens is 3. The van der Waals surface area contributed by atoms with Gasteiger partial charge in [0.05, 0.1) is 4.47 Å². The van der Waals surface area contributed by atoms with Gasteiger partial charge in [0.25, 0.3) is 0 Å². The van der Waals surface area contributed by atoms with Crippen LogP contribution in [0.3, 0.4) is 0 Å². The van der Waals surface area contributed by atoms with Crippen LogP contribution in [0.2, 0.25) is 0 Å². The van der Waals surface area contributed by atoms with Crippen LogP contribution >= 0.6 is 28.1 Å². The highest BCUT2D eigenvalue weighted by molar-refractivity contribution is 9.10. The lowest BCUT2D eigenvalue weighted by molar-refractivity contribution is 1.06. The zero-order chi connectivity index (χ0) is 11.5. The largest absolute Gasteiger partial charge is 0.329 e. The Bertz CT molecular complexity index is 565. The van der Waals surface area contributed by atoms with Crippen LogP contribution in [0, 0.1) is 4.64 Å². The van der Waals surface area contributed by atoms with Crippen LogP contribution in [0.1, 0.15) is 12.5 Å². The van der Waals surface area contributed by atoms with Crippen LogP contribution in [-0.4, -0.2) is 15.0 Å². The molecule has 0 aromatic carbocycles. The van der Waals surface area contributed by atoms with Crippen LogP contribution in [0.15, 0.2) is 29.0 Å². The summed E-state index contributed by atoms with van der Waals surface area (Å²) < 4.78 is 1.43. The van der Waals surface area contributed by atoms with Gasteiger partial charge in [-0.25, -0.2) is 4.98 Å². The zero-order valence-corrected chi connectivity index (χ0v) is 11.1. The van der Waals surface area contributed by atoms with Gasteiger partial charge in [-0.1, -0.05) is 25.2 Å². The molecule has 82 valence electrons. The van der Waals surface area contributed by atoms with E-state index < -0.39 is 0 Å². The third kappa shape index (κ3) is 2.20. The lowest BCUT2D eigenvalue weighted by Gasteiger charge is -2.05. The van der Waals surface area contributed by atoms with Gasteiger partial charge in [-0.05, 0) is 34.0 Å². The second-order valence-electron chi connectivity index (χ2n) is 3.27. The summed E-state index contributed by atoms with van der Waals surface area (Å²) in [5, 5.41) is 0. The zero-order valence-electron chi connectivity index (χ0n) is 8.70. The standard InChI is InChI=1S/C11H10BrN3S/c1-2-7-4-3-5-13-9(7)10-14-6-8(12)11(16)15-10/h3-6H,2H2,1H3,(H,14,15,16). The van der Waals surface area contributed by atoms with Gasteiger partial charge in [0, 0.05) is 12.4 Å². The Labute approximate surface area is 107 Å². The van der Waals surface area contributed by atoms with E-state index in [1.807, 2.05) is 12.1 Å². The van der Waals surface area contributed by atoms with E-state index >= 15 is 0 Å². The van der Waals surface area contributed by atoms with E-state index in [2.05, 4.69) is 37.8 Å². The molecule has 1 N–H and O–H groups in total. The minimum absolute atomic E-state index is 0.637. The van der Waals surface area contributed by atoms with E-state index in [1.165, 1.54) is 0 Å². The van der Waals surface area contributed by atoms with E-state index in [0.717, 1.165) is 22.2 Å². The lowest BCUT2D eigenvalue weighted by atomic mass is 10.1. The molecule has 2 aromatic rings. The molecule has 0 aliphatic carbocycles. The summed E-state index contributed by atoms with van der Waals surface area (Å²) in [6.07, 6.45) is 4.37. The van der Waals surface area contributed by atoms with E-state index in [9.17, 15) is 0 Å². The molecule has 0 aliphatic heterocycles. The molecule has 0 aliphatic rings. The molecule has 0 saturated carbocycles. The van der Waals surface area contributed by atoms with E-state index in [4.69, 9.17) is 12.2 Å². The maximum Gasteiger partial charge on any atom is 0.157 e. The maximum atomic E-state index is 5.15. The van der Waals surface area contributed by atoms with Gasteiger partial charge in [-0.3, -0.25) is 4.98 Å². The first-order chi connectivity index (χ1) is 7.72. The van der Waals surface area contributed by atoms with E-state index in [0.29, 0.717) is 10.5 Å². The van der Waals surface area contributed by atoms with Crippen molar-refractivity contribution >= 4 is 28.1 Å². The van der Waals surface area contributed by atoms with Crippen molar-refractivity contribution < 1.29 is 0 Å². The molecule has 3 nitrogen and oxygen atoms in total. The molecule has 0 fully saturated rings. The van der Waals surface area contributed by atoms with E-state index in [-0.39, 0.29) is 0 Å². The second kappa shape index (κ2) is 4.84. The third-order valence-corrected chi connectivity index (χ3v) is 3.44. The smallest absolute Gasteiger partial charge is 0.157 e. The van der Waals surface area contributed by atoms with Gasteiger partial charge in [-0.2, -0.15) is 0 Å². The van der Waals surface area contributed by atoms with Gasteiger partial charge in [-0.15, -0.1) is 0 Å². The van der Waals surface area contributed by atoms with Crippen molar-refractivity contribution in [2.24, 2.45) is 0 Å². The highest BCUT2D eigenvalue weighted by Crippen LogP contribution is 2.19. The molecule has 5 heteroatoms. The van der Waals surface area contributed by atoms with Crippen LogP contribution in [0.5, 0.6) is 0 Å². The monoisotopic (exact) mass is 295 g/mol. The number of aromatic amines is 1.